The summed E-state index contributed by atoms with van der Waals surface area (Å²) in [5.74, 6) is -0.142. The monoisotopic (exact) mass is 272 g/mol. The van der Waals surface area contributed by atoms with Crippen molar-refractivity contribution in [3.63, 3.8) is 0 Å². The lowest BCUT2D eigenvalue weighted by molar-refractivity contribution is -0.143. The molecule has 0 aromatic rings. The number of carbonyl (C=O) groups excluding carboxylic acids is 1. The molecule has 0 aromatic heterocycles. The molecule has 0 aliphatic carbocycles. The standard InChI is InChI=1S/C13H24N2O4/c1-3-19-12(16)5-4-8-14(2)11-6-9-15(10-7-11)13(17)18/h11H,3-10H2,1-2H3,(H,17,18). The van der Waals surface area contributed by atoms with Crippen molar-refractivity contribution in [3.05, 3.63) is 0 Å². The number of piperidine rings is 1. The quantitative estimate of drug-likeness (QED) is 0.740. The first kappa shape index (κ1) is 15.8. The SMILES string of the molecule is CCOC(=O)CCCN(C)C1CCN(C(=O)O)CC1. The maximum Gasteiger partial charge on any atom is 0.407 e. The zero-order valence-corrected chi connectivity index (χ0v) is 11.8. The van der Waals surface area contributed by atoms with Crippen LogP contribution in [0.5, 0.6) is 0 Å². The first-order chi connectivity index (χ1) is 9.04. The zero-order valence-electron chi connectivity index (χ0n) is 11.8. The molecule has 0 radical (unpaired) electrons. The van der Waals surface area contributed by atoms with Crippen molar-refractivity contribution in [1.29, 1.82) is 0 Å². The van der Waals surface area contributed by atoms with Gasteiger partial charge in [0.05, 0.1) is 6.61 Å². The third-order valence-electron chi connectivity index (χ3n) is 3.56. The van der Waals surface area contributed by atoms with E-state index in [-0.39, 0.29) is 5.97 Å². The molecule has 1 aliphatic rings. The van der Waals surface area contributed by atoms with Crippen LogP contribution in [0.2, 0.25) is 0 Å². The molecule has 0 aromatic carbocycles. The molecule has 19 heavy (non-hydrogen) atoms. The van der Waals surface area contributed by atoms with Gasteiger partial charge in [-0.15, -0.1) is 0 Å². The number of rotatable bonds is 6. The molecule has 1 N–H and O–H groups in total. The van der Waals surface area contributed by atoms with Crippen LogP contribution in [0.4, 0.5) is 4.79 Å². The van der Waals surface area contributed by atoms with E-state index in [4.69, 9.17) is 9.84 Å². The molecule has 6 nitrogen and oxygen atoms in total. The average Bonchev–Trinajstić information content (AvgIpc) is 2.39. The van der Waals surface area contributed by atoms with Gasteiger partial charge in [0.25, 0.3) is 0 Å². The van der Waals surface area contributed by atoms with E-state index in [0.717, 1.165) is 25.8 Å². The van der Waals surface area contributed by atoms with E-state index >= 15 is 0 Å². The maximum atomic E-state index is 11.2. The number of hydrogen-bond acceptors (Lipinski definition) is 4. The second-order valence-corrected chi connectivity index (χ2v) is 4.89. The second-order valence-electron chi connectivity index (χ2n) is 4.89. The number of carbonyl (C=O) groups is 2. The Balaban J connectivity index is 2.19. The molecule has 6 heteroatoms. The Morgan fingerprint density at radius 2 is 2.00 bits per heavy atom. The maximum absolute atomic E-state index is 11.2. The summed E-state index contributed by atoms with van der Waals surface area (Å²) in [5.41, 5.74) is 0. The predicted molar refractivity (Wildman–Crippen MR) is 71.1 cm³/mol. The second kappa shape index (κ2) is 7.99. The van der Waals surface area contributed by atoms with E-state index in [9.17, 15) is 9.59 Å². The summed E-state index contributed by atoms with van der Waals surface area (Å²) in [6.45, 7) is 4.28. The molecule has 110 valence electrons. The van der Waals surface area contributed by atoms with E-state index < -0.39 is 6.09 Å². The molecule has 1 saturated heterocycles. The third-order valence-corrected chi connectivity index (χ3v) is 3.56. The highest BCUT2D eigenvalue weighted by Gasteiger charge is 2.24. The number of hydrogen-bond donors (Lipinski definition) is 1. The van der Waals surface area contributed by atoms with Crippen LogP contribution < -0.4 is 0 Å². The Kier molecular flexibility index (Phi) is 6.62. The summed E-state index contributed by atoms with van der Waals surface area (Å²) >= 11 is 0. The Bertz CT molecular complexity index is 301. The van der Waals surface area contributed by atoms with Gasteiger partial charge in [-0.3, -0.25) is 4.79 Å². The number of esters is 1. The van der Waals surface area contributed by atoms with E-state index in [1.807, 2.05) is 7.05 Å². The molecule has 1 amide bonds. The highest BCUT2D eigenvalue weighted by atomic mass is 16.5. The van der Waals surface area contributed by atoms with Gasteiger partial charge in [0.2, 0.25) is 0 Å². The number of carboxylic acid groups (broad SMARTS) is 1. The van der Waals surface area contributed by atoms with Gasteiger partial charge < -0.3 is 19.6 Å². The Morgan fingerprint density at radius 3 is 2.53 bits per heavy atom. The first-order valence-electron chi connectivity index (χ1n) is 6.88. The number of ether oxygens (including phenoxy) is 1. The van der Waals surface area contributed by atoms with Gasteiger partial charge in [0.1, 0.15) is 0 Å². The fourth-order valence-corrected chi connectivity index (χ4v) is 2.39. The Hall–Kier alpha value is -1.30. The topological polar surface area (TPSA) is 70.1 Å². The summed E-state index contributed by atoms with van der Waals surface area (Å²) in [4.78, 5) is 25.7. The van der Waals surface area contributed by atoms with E-state index in [1.54, 1.807) is 6.92 Å². The normalized spacial score (nSPS) is 16.7. The largest absolute Gasteiger partial charge is 0.466 e. The zero-order chi connectivity index (χ0) is 14.3. The summed E-state index contributed by atoms with van der Waals surface area (Å²) in [6, 6.07) is 0.415. The average molecular weight is 272 g/mol. The van der Waals surface area contributed by atoms with Crippen LogP contribution in [-0.4, -0.2) is 66.3 Å². The highest BCUT2D eigenvalue weighted by Crippen LogP contribution is 2.15. The van der Waals surface area contributed by atoms with Crippen molar-refractivity contribution in [3.8, 4) is 0 Å². The van der Waals surface area contributed by atoms with Crippen molar-refractivity contribution < 1.29 is 19.4 Å². The van der Waals surface area contributed by atoms with Gasteiger partial charge >= 0.3 is 12.1 Å². The smallest absolute Gasteiger partial charge is 0.407 e. The highest BCUT2D eigenvalue weighted by molar-refractivity contribution is 5.69. The van der Waals surface area contributed by atoms with E-state index in [0.29, 0.717) is 32.2 Å². The van der Waals surface area contributed by atoms with Crippen LogP contribution in [-0.2, 0) is 9.53 Å². The molecular weight excluding hydrogens is 248 g/mol. The molecule has 0 unspecified atom stereocenters. The molecule has 0 spiro atoms. The van der Waals surface area contributed by atoms with Gasteiger partial charge in [0, 0.05) is 25.6 Å². The molecule has 0 bridgehead atoms. The van der Waals surface area contributed by atoms with Crippen molar-refractivity contribution in [2.24, 2.45) is 0 Å². The first-order valence-corrected chi connectivity index (χ1v) is 6.88. The molecule has 0 saturated carbocycles. The summed E-state index contributed by atoms with van der Waals surface area (Å²) in [6.07, 6.45) is 2.13. The van der Waals surface area contributed by atoms with Crippen molar-refractivity contribution in [2.45, 2.75) is 38.6 Å². The lowest BCUT2D eigenvalue weighted by Crippen LogP contribution is -2.45. The minimum atomic E-state index is -0.830. The summed E-state index contributed by atoms with van der Waals surface area (Å²) < 4.78 is 4.88. The summed E-state index contributed by atoms with van der Waals surface area (Å²) in [7, 11) is 2.03. The molecular formula is C13H24N2O4. The van der Waals surface area contributed by atoms with Crippen LogP contribution in [0.3, 0.4) is 0 Å². The van der Waals surface area contributed by atoms with Crippen LogP contribution >= 0.6 is 0 Å². The van der Waals surface area contributed by atoms with Crippen molar-refractivity contribution in [2.75, 3.05) is 33.3 Å². The van der Waals surface area contributed by atoms with Crippen molar-refractivity contribution >= 4 is 12.1 Å². The van der Waals surface area contributed by atoms with Crippen LogP contribution in [0.15, 0.2) is 0 Å². The summed E-state index contributed by atoms with van der Waals surface area (Å²) in [5, 5.41) is 8.88. The van der Waals surface area contributed by atoms with Gasteiger partial charge in [-0.1, -0.05) is 0 Å². The molecule has 1 rings (SSSR count). The van der Waals surface area contributed by atoms with Gasteiger partial charge in [-0.2, -0.15) is 0 Å². The lowest BCUT2D eigenvalue weighted by atomic mass is 10.0. The van der Waals surface area contributed by atoms with Crippen LogP contribution in [0, 0.1) is 0 Å². The minimum Gasteiger partial charge on any atom is -0.466 e. The minimum absolute atomic E-state index is 0.142. The van der Waals surface area contributed by atoms with E-state index in [2.05, 4.69) is 4.90 Å². The molecule has 1 fully saturated rings. The van der Waals surface area contributed by atoms with E-state index in [1.165, 1.54) is 4.90 Å². The van der Waals surface area contributed by atoms with Gasteiger partial charge in [-0.25, -0.2) is 4.79 Å². The van der Waals surface area contributed by atoms with Gasteiger partial charge in [0.15, 0.2) is 0 Å². The lowest BCUT2D eigenvalue weighted by Gasteiger charge is -2.35. The fraction of sp³-hybridized carbons (Fsp3) is 0.846. The number of amides is 1. The number of nitrogens with zero attached hydrogens (tertiary/aromatic N) is 2. The van der Waals surface area contributed by atoms with Crippen LogP contribution in [0.25, 0.3) is 0 Å². The Morgan fingerprint density at radius 1 is 1.37 bits per heavy atom. The number of likely N-dealkylation sites (tertiary alicyclic amines) is 1. The van der Waals surface area contributed by atoms with Crippen LogP contribution in [0.1, 0.15) is 32.6 Å². The van der Waals surface area contributed by atoms with Gasteiger partial charge in [-0.05, 0) is 39.8 Å². The third kappa shape index (κ3) is 5.46. The molecule has 0 atom stereocenters. The predicted octanol–water partition coefficient (Wildman–Crippen LogP) is 1.40. The Labute approximate surface area is 114 Å². The fourth-order valence-electron chi connectivity index (χ4n) is 2.39. The molecule has 1 aliphatic heterocycles. The molecule has 1 heterocycles. The van der Waals surface area contributed by atoms with Crippen molar-refractivity contribution in [1.82, 2.24) is 9.80 Å².